The van der Waals surface area contributed by atoms with Crippen molar-refractivity contribution in [1.29, 1.82) is 0 Å². The van der Waals surface area contributed by atoms with Gasteiger partial charge in [-0.05, 0) is 37.8 Å². The molecule has 9 heteroatoms. The average molecular weight is 474 g/mol. The summed E-state index contributed by atoms with van der Waals surface area (Å²) in [6, 6.07) is 6.76. The Morgan fingerprint density at radius 3 is 2.76 bits per heavy atom. The number of aldehydes is 1. The summed E-state index contributed by atoms with van der Waals surface area (Å²) in [4.78, 5) is 30.2. The number of aliphatic hydroxyl groups excluding tert-OH is 1. The quantitative estimate of drug-likeness (QED) is 0.545. The summed E-state index contributed by atoms with van der Waals surface area (Å²) in [6.45, 7) is 0.989. The number of hydrogen-bond donors (Lipinski definition) is 1. The van der Waals surface area contributed by atoms with Crippen molar-refractivity contribution in [3.8, 4) is 5.88 Å². The van der Waals surface area contributed by atoms with Crippen LogP contribution in [0.15, 0.2) is 41.5 Å². The second-order valence-corrected chi connectivity index (χ2v) is 8.43. The van der Waals surface area contributed by atoms with Gasteiger partial charge in [-0.1, -0.05) is 17.7 Å². The molecule has 1 N–H and O–H groups in total. The zero-order valence-electron chi connectivity index (χ0n) is 18.2. The van der Waals surface area contributed by atoms with Gasteiger partial charge in [0.05, 0.1) is 33.2 Å². The van der Waals surface area contributed by atoms with Crippen LogP contribution in [0.2, 0.25) is 5.02 Å². The Kier molecular flexibility index (Phi) is 6.95. The number of ether oxygens (including phenoxy) is 1. The molecule has 1 aliphatic carbocycles. The van der Waals surface area contributed by atoms with Gasteiger partial charge < -0.3 is 19.3 Å². The third-order valence-corrected chi connectivity index (χ3v) is 6.36. The molecule has 2 fully saturated rings. The van der Waals surface area contributed by atoms with Gasteiger partial charge in [0.25, 0.3) is 0 Å². The molecule has 2 aromatic heterocycles. The molecule has 1 unspecified atom stereocenters. The standard InChI is InChI=1S/C23H21ClFN3O3.CH4O/c24-20-21-17(23(30)14(12-29)11-28(21)15-6-7-15)10-18(25)22(20)27-9-3-4-16(27)13-31-19-5-1-2-8-26-19;1-2/h1-2,5,8,10-12,15-16H,3-4,6-7,9,13H2;2H,1H3. The molecule has 0 radical (unpaired) electrons. The summed E-state index contributed by atoms with van der Waals surface area (Å²) in [5.41, 5.74) is 0.303. The van der Waals surface area contributed by atoms with Crippen molar-refractivity contribution < 1.29 is 19.0 Å². The van der Waals surface area contributed by atoms with Gasteiger partial charge in [0.2, 0.25) is 5.88 Å². The number of anilines is 1. The van der Waals surface area contributed by atoms with Crippen LogP contribution < -0.4 is 15.1 Å². The summed E-state index contributed by atoms with van der Waals surface area (Å²) < 4.78 is 23.0. The van der Waals surface area contributed by atoms with E-state index in [9.17, 15) is 9.59 Å². The molecule has 0 amide bonds. The molecule has 1 aromatic carbocycles. The number of carbonyl (C=O) groups excluding carboxylic acids is 1. The highest BCUT2D eigenvalue weighted by Crippen LogP contribution is 2.43. The summed E-state index contributed by atoms with van der Waals surface area (Å²) in [7, 11) is 1.00. The smallest absolute Gasteiger partial charge is 0.213 e. The number of aromatic nitrogens is 2. The van der Waals surface area contributed by atoms with E-state index in [2.05, 4.69) is 4.98 Å². The molecule has 3 aromatic rings. The van der Waals surface area contributed by atoms with Crippen LogP contribution >= 0.6 is 11.6 Å². The minimum atomic E-state index is -0.565. The highest BCUT2D eigenvalue weighted by molar-refractivity contribution is 6.38. The van der Waals surface area contributed by atoms with E-state index in [1.807, 2.05) is 21.6 Å². The summed E-state index contributed by atoms with van der Waals surface area (Å²) in [5, 5.41) is 7.35. The Balaban J connectivity index is 0.00000126. The first-order valence-electron chi connectivity index (χ1n) is 10.9. The van der Waals surface area contributed by atoms with E-state index >= 15 is 4.39 Å². The number of carbonyl (C=O) groups is 1. The van der Waals surface area contributed by atoms with Crippen LogP contribution in [0.4, 0.5) is 10.1 Å². The van der Waals surface area contributed by atoms with Crippen molar-refractivity contribution in [2.24, 2.45) is 0 Å². The second kappa shape index (κ2) is 9.89. The Bertz CT molecular complexity index is 1210. The van der Waals surface area contributed by atoms with Crippen LogP contribution in [-0.4, -0.2) is 47.2 Å². The molecule has 33 heavy (non-hydrogen) atoms. The van der Waals surface area contributed by atoms with E-state index in [1.165, 1.54) is 6.07 Å². The van der Waals surface area contributed by atoms with E-state index in [-0.39, 0.29) is 33.7 Å². The van der Waals surface area contributed by atoms with E-state index in [0.29, 0.717) is 30.8 Å². The minimum absolute atomic E-state index is 0.0189. The third-order valence-electron chi connectivity index (χ3n) is 6.00. The van der Waals surface area contributed by atoms with E-state index in [0.717, 1.165) is 32.8 Å². The number of hydrogen-bond acceptors (Lipinski definition) is 6. The molecule has 1 aliphatic heterocycles. The molecule has 5 rings (SSSR count). The molecule has 2 aliphatic rings. The topological polar surface area (TPSA) is 84.7 Å². The van der Waals surface area contributed by atoms with Gasteiger partial charge in [0.15, 0.2) is 11.7 Å². The fourth-order valence-corrected chi connectivity index (χ4v) is 4.76. The van der Waals surface area contributed by atoms with Crippen molar-refractivity contribution >= 4 is 34.5 Å². The lowest BCUT2D eigenvalue weighted by molar-refractivity contribution is 0.112. The lowest BCUT2D eigenvalue weighted by Gasteiger charge is -2.29. The van der Waals surface area contributed by atoms with Crippen LogP contribution in [-0.2, 0) is 0 Å². The Labute approximate surface area is 195 Å². The number of nitrogens with zero attached hydrogens (tertiary/aromatic N) is 3. The van der Waals surface area contributed by atoms with Crippen molar-refractivity contribution in [1.82, 2.24) is 9.55 Å². The van der Waals surface area contributed by atoms with Crippen LogP contribution in [0.1, 0.15) is 42.1 Å². The van der Waals surface area contributed by atoms with Crippen LogP contribution in [0, 0.1) is 5.82 Å². The molecule has 0 spiro atoms. The SMILES string of the molecule is CO.O=Cc1cn(C2CC2)c2c(Cl)c(N3CCCC3COc3ccccn3)c(F)cc2c1=O. The first-order chi connectivity index (χ1) is 16.1. The molecule has 1 atom stereocenters. The lowest BCUT2D eigenvalue weighted by Crippen LogP contribution is -2.35. The maximum absolute atomic E-state index is 15.3. The van der Waals surface area contributed by atoms with Gasteiger partial charge in [-0.3, -0.25) is 9.59 Å². The van der Waals surface area contributed by atoms with Gasteiger partial charge in [0.1, 0.15) is 12.4 Å². The largest absolute Gasteiger partial charge is 0.475 e. The fraction of sp³-hybridized carbons (Fsp3) is 0.375. The van der Waals surface area contributed by atoms with Crippen LogP contribution in [0.5, 0.6) is 5.88 Å². The molecule has 1 saturated heterocycles. The fourth-order valence-electron chi connectivity index (χ4n) is 4.36. The number of benzene rings is 1. The van der Waals surface area contributed by atoms with E-state index < -0.39 is 11.2 Å². The van der Waals surface area contributed by atoms with Crippen molar-refractivity contribution in [3.05, 3.63) is 63.3 Å². The molecule has 3 heterocycles. The third kappa shape index (κ3) is 4.45. The average Bonchev–Trinajstić information content (AvgIpc) is 3.59. The molecular formula is C24H25ClFN3O4. The molecule has 0 bridgehead atoms. The zero-order chi connectivity index (χ0) is 23.5. The number of aliphatic hydroxyl groups is 1. The number of halogens is 2. The minimum Gasteiger partial charge on any atom is -0.475 e. The van der Waals surface area contributed by atoms with Crippen LogP contribution in [0.3, 0.4) is 0 Å². The van der Waals surface area contributed by atoms with Gasteiger partial charge in [-0.25, -0.2) is 9.37 Å². The number of fused-ring (bicyclic) bond motifs is 1. The van der Waals surface area contributed by atoms with E-state index in [4.69, 9.17) is 21.4 Å². The first kappa shape index (κ1) is 23.2. The summed E-state index contributed by atoms with van der Waals surface area (Å²) in [5.74, 6) is -0.0480. The molecule has 1 saturated carbocycles. The number of pyridine rings is 2. The van der Waals surface area contributed by atoms with E-state index in [1.54, 1.807) is 18.5 Å². The lowest BCUT2D eigenvalue weighted by atomic mass is 10.1. The van der Waals surface area contributed by atoms with Crippen molar-refractivity contribution in [2.45, 2.75) is 37.8 Å². The van der Waals surface area contributed by atoms with Gasteiger partial charge in [-0.2, -0.15) is 0 Å². The maximum atomic E-state index is 15.3. The normalized spacial score (nSPS) is 17.6. The van der Waals surface area contributed by atoms with Crippen molar-refractivity contribution in [3.63, 3.8) is 0 Å². The summed E-state index contributed by atoms with van der Waals surface area (Å²) >= 11 is 6.77. The predicted octanol–water partition coefficient (Wildman–Crippen LogP) is 3.99. The maximum Gasteiger partial charge on any atom is 0.213 e. The highest BCUT2D eigenvalue weighted by atomic mass is 35.5. The second-order valence-electron chi connectivity index (χ2n) is 8.06. The van der Waals surface area contributed by atoms with Crippen molar-refractivity contribution in [2.75, 3.05) is 25.2 Å². The van der Waals surface area contributed by atoms with Gasteiger partial charge in [0, 0.05) is 38.2 Å². The van der Waals surface area contributed by atoms with Gasteiger partial charge in [-0.15, -0.1) is 0 Å². The predicted molar refractivity (Wildman–Crippen MR) is 125 cm³/mol. The molecule has 7 nitrogen and oxygen atoms in total. The Hall–Kier alpha value is -2.97. The first-order valence-corrected chi connectivity index (χ1v) is 11.2. The highest BCUT2D eigenvalue weighted by Gasteiger charge is 2.33. The van der Waals surface area contributed by atoms with Gasteiger partial charge >= 0.3 is 0 Å². The number of rotatable bonds is 6. The monoisotopic (exact) mass is 473 g/mol. The summed E-state index contributed by atoms with van der Waals surface area (Å²) in [6.07, 6.45) is 7.31. The Morgan fingerprint density at radius 2 is 2.09 bits per heavy atom. The molecular weight excluding hydrogens is 449 g/mol. The molecule has 174 valence electrons. The van der Waals surface area contributed by atoms with Crippen LogP contribution in [0.25, 0.3) is 10.9 Å². The zero-order valence-corrected chi connectivity index (χ0v) is 19.0. The Morgan fingerprint density at radius 1 is 1.30 bits per heavy atom.